The quantitative estimate of drug-likeness (QED) is 0.241. The molecule has 0 aliphatic rings. The van der Waals surface area contributed by atoms with Crippen LogP contribution in [0.3, 0.4) is 0 Å². The van der Waals surface area contributed by atoms with E-state index in [9.17, 15) is 20.0 Å². The van der Waals surface area contributed by atoms with Crippen molar-refractivity contribution in [3.63, 3.8) is 0 Å². The monoisotopic (exact) mass is 401 g/mol. The summed E-state index contributed by atoms with van der Waals surface area (Å²) in [5.41, 5.74) is 4.09. The second-order valence-electron chi connectivity index (χ2n) is 5.67. The first-order chi connectivity index (χ1) is 13.4. The standard InChI is InChI=1S/C18H19N5O4S/c1-12(25)19-16(11-24)17(13-7-9-15(10-8-13)23(26)27)21-22-18(28)20-14-5-3-2-4-6-14/h2-10,16,24H,11H2,1H3,(H,19,25)(H2,20,22,28)/b21-17+/t16-/m0/s1. The van der Waals surface area contributed by atoms with Gasteiger partial charge in [0.05, 0.1) is 23.3 Å². The van der Waals surface area contributed by atoms with Gasteiger partial charge in [0.2, 0.25) is 5.91 Å². The maximum atomic E-state index is 11.4. The molecule has 146 valence electrons. The topological polar surface area (TPSA) is 129 Å². The fraction of sp³-hybridized carbons (Fsp3) is 0.167. The van der Waals surface area contributed by atoms with E-state index in [-0.39, 0.29) is 22.4 Å². The van der Waals surface area contributed by atoms with Crippen LogP contribution in [0.15, 0.2) is 59.7 Å². The number of nitrogens with zero attached hydrogens (tertiary/aromatic N) is 2. The Bertz CT molecular complexity index is 871. The number of rotatable bonds is 7. The number of nitrogens with one attached hydrogen (secondary N) is 3. The number of non-ortho nitro benzene ring substituents is 1. The number of nitro groups is 1. The average Bonchev–Trinajstić information content (AvgIpc) is 2.68. The number of aliphatic hydroxyl groups excluding tert-OH is 1. The maximum absolute atomic E-state index is 11.4. The number of para-hydroxylation sites is 1. The van der Waals surface area contributed by atoms with Gasteiger partial charge in [0.1, 0.15) is 0 Å². The second kappa shape index (κ2) is 10.1. The highest BCUT2D eigenvalue weighted by molar-refractivity contribution is 7.80. The van der Waals surface area contributed by atoms with E-state index in [0.29, 0.717) is 5.56 Å². The first kappa shape index (κ1) is 20.9. The highest BCUT2D eigenvalue weighted by Crippen LogP contribution is 2.14. The minimum Gasteiger partial charge on any atom is -0.394 e. The van der Waals surface area contributed by atoms with Crippen molar-refractivity contribution in [2.45, 2.75) is 13.0 Å². The van der Waals surface area contributed by atoms with Crippen LogP contribution in [-0.2, 0) is 4.79 Å². The van der Waals surface area contributed by atoms with Crippen molar-refractivity contribution in [3.05, 3.63) is 70.3 Å². The lowest BCUT2D eigenvalue weighted by atomic mass is 10.0. The minimum atomic E-state index is -0.828. The average molecular weight is 401 g/mol. The summed E-state index contributed by atoms with van der Waals surface area (Å²) >= 11 is 5.20. The highest BCUT2D eigenvalue weighted by Gasteiger charge is 2.19. The molecule has 2 aromatic carbocycles. The number of carbonyl (C=O) groups is 1. The third-order valence-corrected chi connectivity index (χ3v) is 3.77. The molecule has 0 aliphatic carbocycles. The molecule has 0 fully saturated rings. The zero-order valence-electron chi connectivity index (χ0n) is 15.0. The molecule has 0 spiro atoms. The van der Waals surface area contributed by atoms with Gasteiger partial charge < -0.3 is 15.7 Å². The molecule has 10 heteroatoms. The fourth-order valence-electron chi connectivity index (χ4n) is 2.33. The molecule has 0 aromatic heterocycles. The maximum Gasteiger partial charge on any atom is 0.269 e. The van der Waals surface area contributed by atoms with Crippen molar-refractivity contribution in [3.8, 4) is 0 Å². The molecule has 1 amide bonds. The lowest BCUT2D eigenvalue weighted by Crippen LogP contribution is -2.44. The predicted molar refractivity (Wildman–Crippen MR) is 110 cm³/mol. The van der Waals surface area contributed by atoms with Crippen molar-refractivity contribution in [2.75, 3.05) is 11.9 Å². The number of nitro benzene ring substituents is 1. The number of thiocarbonyl (C=S) groups is 1. The fourth-order valence-corrected chi connectivity index (χ4v) is 2.50. The molecule has 0 aliphatic heterocycles. The van der Waals surface area contributed by atoms with Crippen molar-refractivity contribution < 1.29 is 14.8 Å². The van der Waals surface area contributed by atoms with Crippen LogP contribution in [0, 0.1) is 10.1 Å². The molecule has 1 atom stereocenters. The van der Waals surface area contributed by atoms with Gasteiger partial charge in [0.15, 0.2) is 5.11 Å². The molecule has 0 saturated heterocycles. The zero-order valence-corrected chi connectivity index (χ0v) is 15.8. The van der Waals surface area contributed by atoms with E-state index in [1.807, 2.05) is 30.3 Å². The smallest absolute Gasteiger partial charge is 0.269 e. The lowest BCUT2D eigenvalue weighted by molar-refractivity contribution is -0.384. The van der Waals surface area contributed by atoms with Crippen molar-refractivity contribution in [2.24, 2.45) is 5.10 Å². The van der Waals surface area contributed by atoms with Gasteiger partial charge in [-0.05, 0) is 36.5 Å². The number of hydrazone groups is 1. The Morgan fingerprint density at radius 2 is 1.86 bits per heavy atom. The van der Waals surface area contributed by atoms with Crippen molar-refractivity contribution >= 4 is 40.3 Å². The molecule has 0 radical (unpaired) electrons. The molecular weight excluding hydrogens is 382 g/mol. The Labute approximate surface area is 166 Å². The molecule has 0 saturated carbocycles. The van der Waals surface area contributed by atoms with E-state index in [1.165, 1.54) is 31.2 Å². The second-order valence-corrected chi connectivity index (χ2v) is 6.08. The Morgan fingerprint density at radius 1 is 1.21 bits per heavy atom. The van der Waals surface area contributed by atoms with Gasteiger partial charge in [-0.1, -0.05) is 18.2 Å². The molecule has 4 N–H and O–H groups in total. The van der Waals surface area contributed by atoms with E-state index in [0.717, 1.165) is 5.69 Å². The van der Waals surface area contributed by atoms with Gasteiger partial charge in [0.25, 0.3) is 5.69 Å². The van der Waals surface area contributed by atoms with E-state index in [1.54, 1.807) is 0 Å². The molecule has 9 nitrogen and oxygen atoms in total. The summed E-state index contributed by atoms with van der Waals surface area (Å²) in [4.78, 5) is 21.8. The summed E-state index contributed by atoms with van der Waals surface area (Å²) in [6, 6.07) is 14.0. The number of amides is 1. The summed E-state index contributed by atoms with van der Waals surface area (Å²) in [5, 5.41) is 30.4. The van der Waals surface area contributed by atoms with E-state index in [2.05, 4.69) is 21.2 Å². The van der Waals surface area contributed by atoms with Gasteiger partial charge in [-0.3, -0.25) is 20.3 Å². The summed E-state index contributed by atoms with van der Waals surface area (Å²) < 4.78 is 0. The van der Waals surface area contributed by atoms with Gasteiger partial charge in [-0.25, -0.2) is 0 Å². The first-order valence-corrected chi connectivity index (χ1v) is 8.64. The van der Waals surface area contributed by atoms with E-state index >= 15 is 0 Å². The zero-order chi connectivity index (χ0) is 20.5. The van der Waals surface area contributed by atoms with Crippen LogP contribution in [0.1, 0.15) is 12.5 Å². The Hall–Kier alpha value is -3.37. The summed E-state index contributed by atoms with van der Waals surface area (Å²) in [6.45, 7) is 0.890. The number of carbonyl (C=O) groups excluding carboxylic acids is 1. The molecule has 0 heterocycles. The number of anilines is 1. The normalized spacial score (nSPS) is 12.0. The van der Waals surface area contributed by atoms with E-state index in [4.69, 9.17) is 12.2 Å². The molecule has 28 heavy (non-hydrogen) atoms. The van der Waals surface area contributed by atoms with Gasteiger partial charge >= 0.3 is 0 Å². The molecule has 0 unspecified atom stereocenters. The van der Waals surface area contributed by atoms with Crippen LogP contribution in [-0.4, -0.2) is 39.4 Å². The van der Waals surface area contributed by atoms with Gasteiger partial charge in [-0.15, -0.1) is 0 Å². The first-order valence-electron chi connectivity index (χ1n) is 8.23. The Kier molecular flexibility index (Phi) is 7.55. The molecule has 2 rings (SSSR count). The molecule has 2 aromatic rings. The third-order valence-electron chi connectivity index (χ3n) is 3.57. The summed E-state index contributed by atoms with van der Waals surface area (Å²) in [7, 11) is 0. The van der Waals surface area contributed by atoms with Gasteiger partial charge in [0, 0.05) is 30.3 Å². The van der Waals surface area contributed by atoms with Crippen LogP contribution in [0.25, 0.3) is 0 Å². The van der Waals surface area contributed by atoms with Crippen LogP contribution >= 0.6 is 12.2 Å². The lowest BCUT2D eigenvalue weighted by Gasteiger charge is -2.18. The molecular formula is C18H19N5O4S. The van der Waals surface area contributed by atoms with Crippen LogP contribution in [0.5, 0.6) is 0 Å². The number of benzene rings is 2. The summed E-state index contributed by atoms with van der Waals surface area (Å²) in [5.74, 6) is -0.362. The largest absolute Gasteiger partial charge is 0.394 e. The Morgan fingerprint density at radius 3 is 2.39 bits per heavy atom. The number of hydrogen-bond donors (Lipinski definition) is 4. The third kappa shape index (κ3) is 6.11. The predicted octanol–water partition coefficient (Wildman–Crippen LogP) is 1.78. The Balaban J connectivity index is 2.25. The number of aliphatic hydroxyl groups is 1. The number of hydrogen-bond acceptors (Lipinski definition) is 6. The minimum absolute atomic E-state index is 0.0857. The van der Waals surface area contributed by atoms with Crippen molar-refractivity contribution in [1.82, 2.24) is 10.7 Å². The van der Waals surface area contributed by atoms with Crippen LogP contribution in [0.2, 0.25) is 0 Å². The van der Waals surface area contributed by atoms with E-state index < -0.39 is 17.6 Å². The van der Waals surface area contributed by atoms with Crippen molar-refractivity contribution in [1.29, 1.82) is 0 Å². The van der Waals surface area contributed by atoms with Gasteiger partial charge in [-0.2, -0.15) is 5.10 Å². The van der Waals surface area contributed by atoms with Crippen LogP contribution < -0.4 is 16.1 Å². The molecule has 0 bridgehead atoms. The van der Waals surface area contributed by atoms with Crippen LogP contribution in [0.4, 0.5) is 11.4 Å². The SMILES string of the molecule is CC(=O)N[C@@H](CO)/C(=N/NC(=S)Nc1ccccc1)c1ccc([N+](=O)[O-])cc1. The highest BCUT2D eigenvalue weighted by atomic mass is 32.1. The summed E-state index contributed by atoms with van der Waals surface area (Å²) in [6.07, 6.45) is 0.